The first-order valence-electron chi connectivity index (χ1n) is 10.8. The summed E-state index contributed by atoms with van der Waals surface area (Å²) in [5.41, 5.74) is 0.396. The van der Waals surface area contributed by atoms with Crippen molar-refractivity contribution in [2.24, 2.45) is 0 Å². The molecular weight excluding hydrogens is 413 g/mol. The predicted molar refractivity (Wildman–Crippen MR) is 135 cm³/mol. The highest BCUT2D eigenvalue weighted by atomic mass is 31.2. The molecule has 0 saturated heterocycles. The van der Waals surface area contributed by atoms with Gasteiger partial charge in [0, 0.05) is 6.20 Å². The smallest absolute Gasteiger partial charge is 0.418 e. The number of hydrogen-bond donors (Lipinski definition) is 0. The first-order chi connectivity index (χ1) is 15.4. The van der Waals surface area contributed by atoms with Crippen molar-refractivity contribution in [2.45, 2.75) is 32.5 Å². The second kappa shape index (κ2) is 9.14. The molecule has 0 atom stereocenters. The zero-order valence-electron chi connectivity index (χ0n) is 18.8. The first kappa shape index (κ1) is 22.0. The Morgan fingerprint density at radius 1 is 0.719 bits per heavy atom. The van der Waals surface area contributed by atoms with E-state index >= 15 is 0 Å². The summed E-state index contributed by atoms with van der Waals surface area (Å²) in [5.74, 6) is 0. The van der Waals surface area contributed by atoms with Gasteiger partial charge in [-0.05, 0) is 69.3 Å². The minimum Gasteiger partial charge on any atom is -0.443 e. The molecule has 0 aliphatic heterocycles. The van der Waals surface area contributed by atoms with Crippen molar-refractivity contribution < 1.29 is 9.53 Å². The van der Waals surface area contributed by atoms with E-state index in [2.05, 4.69) is 91.0 Å². The monoisotopic (exact) mass is 442 g/mol. The second-order valence-electron chi connectivity index (χ2n) is 8.82. The van der Waals surface area contributed by atoms with Gasteiger partial charge in [-0.3, -0.25) is 4.57 Å². The lowest BCUT2D eigenvalue weighted by atomic mass is 10.2. The van der Waals surface area contributed by atoms with Gasteiger partial charge in [0.2, 0.25) is 0 Å². The van der Waals surface area contributed by atoms with E-state index in [4.69, 9.17) is 4.74 Å². The Hall–Kier alpha value is -3.16. The molecule has 0 bridgehead atoms. The molecule has 162 valence electrons. The highest BCUT2D eigenvalue weighted by Crippen LogP contribution is 2.58. The molecule has 4 heteroatoms. The zero-order chi connectivity index (χ0) is 22.6. The van der Waals surface area contributed by atoms with Crippen molar-refractivity contribution in [1.82, 2.24) is 4.57 Å². The van der Waals surface area contributed by atoms with E-state index < -0.39 is 12.9 Å². The molecule has 1 heterocycles. The number of hydrogen-bond acceptors (Lipinski definition) is 2. The number of benzene rings is 3. The molecule has 1 aromatic heterocycles. The summed E-state index contributed by atoms with van der Waals surface area (Å²) in [7, 11) is -2.09. The number of rotatable bonds is 5. The Morgan fingerprint density at radius 2 is 1.16 bits per heavy atom. The molecule has 32 heavy (non-hydrogen) atoms. The summed E-state index contributed by atoms with van der Waals surface area (Å²) < 4.78 is 7.35. The molecule has 3 nitrogen and oxygen atoms in total. The minimum atomic E-state index is -2.09. The standard InChI is InChI=1S/C28H29NO2P/c1-28(2,3)31-27(30)29-21-13-14-23(29)22-32(24-15-7-4-8-16-24,25-17-9-5-10-18-25)26-19-11-6-12-20-26/h4-21H,22H2,1-3H3/q+1. The number of aromatic nitrogens is 1. The molecule has 0 aliphatic rings. The topological polar surface area (TPSA) is 31.2 Å². The van der Waals surface area contributed by atoms with Crippen molar-refractivity contribution in [3.8, 4) is 0 Å². The van der Waals surface area contributed by atoms with Gasteiger partial charge in [0.15, 0.2) is 0 Å². The maximum Gasteiger partial charge on any atom is 0.418 e. The third-order valence-electron chi connectivity index (χ3n) is 5.41. The fraction of sp³-hybridized carbons (Fsp3) is 0.179. The van der Waals surface area contributed by atoms with Gasteiger partial charge in [0.1, 0.15) is 34.9 Å². The van der Waals surface area contributed by atoms with Crippen molar-refractivity contribution in [2.75, 3.05) is 0 Å². The lowest BCUT2D eigenvalue weighted by Crippen LogP contribution is -2.34. The molecule has 3 aromatic carbocycles. The maximum absolute atomic E-state index is 13.0. The van der Waals surface area contributed by atoms with E-state index in [0.29, 0.717) is 0 Å². The third-order valence-corrected chi connectivity index (χ3v) is 9.75. The predicted octanol–water partition coefficient (Wildman–Crippen LogP) is 5.77. The largest absolute Gasteiger partial charge is 0.443 e. The Kier molecular flexibility index (Phi) is 6.30. The fourth-order valence-electron chi connectivity index (χ4n) is 4.05. The summed E-state index contributed by atoms with van der Waals surface area (Å²) in [6, 6.07) is 36.0. The molecule has 0 radical (unpaired) electrons. The average Bonchev–Trinajstić information content (AvgIpc) is 3.26. The Bertz CT molecular complexity index is 1070. The van der Waals surface area contributed by atoms with Crippen LogP contribution >= 0.6 is 7.26 Å². The van der Waals surface area contributed by atoms with E-state index in [1.165, 1.54) is 15.9 Å². The highest BCUT2D eigenvalue weighted by Gasteiger charge is 2.46. The van der Waals surface area contributed by atoms with Crippen LogP contribution < -0.4 is 15.9 Å². The Morgan fingerprint density at radius 3 is 1.56 bits per heavy atom. The van der Waals surface area contributed by atoms with Gasteiger partial charge in [-0.2, -0.15) is 0 Å². The van der Waals surface area contributed by atoms with Gasteiger partial charge in [-0.15, -0.1) is 0 Å². The maximum atomic E-state index is 13.0. The lowest BCUT2D eigenvalue weighted by Gasteiger charge is -2.28. The Labute approximate surface area is 191 Å². The molecule has 0 unspecified atom stereocenters. The molecule has 0 saturated carbocycles. The Balaban J connectivity index is 1.91. The van der Waals surface area contributed by atoms with Crippen LogP contribution in [0.25, 0.3) is 0 Å². The molecule has 4 rings (SSSR count). The molecule has 0 N–H and O–H groups in total. The molecule has 0 spiro atoms. The van der Waals surface area contributed by atoms with Crippen molar-refractivity contribution in [1.29, 1.82) is 0 Å². The van der Waals surface area contributed by atoms with Crippen LogP contribution in [0, 0.1) is 0 Å². The van der Waals surface area contributed by atoms with Gasteiger partial charge < -0.3 is 4.74 Å². The van der Waals surface area contributed by atoms with Gasteiger partial charge in [0.25, 0.3) is 0 Å². The van der Waals surface area contributed by atoms with Gasteiger partial charge in [-0.1, -0.05) is 54.6 Å². The van der Waals surface area contributed by atoms with Crippen LogP contribution in [0.1, 0.15) is 26.5 Å². The van der Waals surface area contributed by atoms with Crippen LogP contribution in [-0.4, -0.2) is 16.3 Å². The average molecular weight is 443 g/mol. The van der Waals surface area contributed by atoms with Crippen LogP contribution in [0.15, 0.2) is 109 Å². The molecular formula is C28H29NO2P+. The van der Waals surface area contributed by atoms with Gasteiger partial charge in [-0.25, -0.2) is 4.79 Å². The molecule has 0 aliphatic carbocycles. The van der Waals surface area contributed by atoms with Crippen LogP contribution in [0.4, 0.5) is 4.79 Å². The number of nitrogens with zero attached hydrogens (tertiary/aromatic N) is 1. The summed E-state index contributed by atoms with van der Waals surface area (Å²) in [6.07, 6.45) is 2.18. The fourth-order valence-corrected chi connectivity index (χ4v) is 8.28. The first-order valence-corrected chi connectivity index (χ1v) is 12.8. The van der Waals surface area contributed by atoms with Gasteiger partial charge in [0.05, 0.1) is 5.69 Å². The van der Waals surface area contributed by atoms with Crippen molar-refractivity contribution in [3.63, 3.8) is 0 Å². The summed E-state index contributed by atoms with van der Waals surface area (Å²) in [6.45, 7) is 5.68. The van der Waals surface area contributed by atoms with E-state index in [0.717, 1.165) is 11.9 Å². The van der Waals surface area contributed by atoms with Gasteiger partial charge >= 0.3 is 6.09 Å². The van der Waals surface area contributed by atoms with Crippen LogP contribution in [0.2, 0.25) is 0 Å². The van der Waals surface area contributed by atoms with E-state index in [1.54, 1.807) is 10.8 Å². The van der Waals surface area contributed by atoms with Crippen molar-refractivity contribution in [3.05, 3.63) is 115 Å². The lowest BCUT2D eigenvalue weighted by molar-refractivity contribution is 0.0534. The number of carbonyl (C=O) groups excluding carboxylic acids is 1. The zero-order valence-corrected chi connectivity index (χ0v) is 19.7. The number of carbonyl (C=O) groups is 1. The van der Waals surface area contributed by atoms with Crippen molar-refractivity contribution >= 4 is 29.3 Å². The minimum absolute atomic E-state index is 0.343. The summed E-state index contributed by atoms with van der Waals surface area (Å²) in [5, 5.41) is 3.86. The molecule has 0 amide bonds. The molecule has 0 fully saturated rings. The third kappa shape index (κ3) is 4.54. The van der Waals surface area contributed by atoms with Crippen LogP contribution in [0.3, 0.4) is 0 Å². The van der Waals surface area contributed by atoms with Crippen LogP contribution in [0.5, 0.6) is 0 Å². The molecule has 4 aromatic rings. The van der Waals surface area contributed by atoms with Crippen LogP contribution in [-0.2, 0) is 10.9 Å². The number of ether oxygens (including phenoxy) is 1. The highest BCUT2D eigenvalue weighted by molar-refractivity contribution is 7.95. The van der Waals surface area contributed by atoms with E-state index in [9.17, 15) is 4.79 Å². The SMILES string of the molecule is CC(C)(C)OC(=O)n1cccc1C[P+](c1ccccc1)(c1ccccc1)c1ccccc1. The normalized spacial score (nSPS) is 11.8. The summed E-state index contributed by atoms with van der Waals surface area (Å²) >= 11 is 0. The quantitative estimate of drug-likeness (QED) is 0.368. The second-order valence-corrected chi connectivity index (χ2v) is 12.3. The van der Waals surface area contributed by atoms with E-state index in [-0.39, 0.29) is 6.09 Å². The summed E-state index contributed by atoms with van der Waals surface area (Å²) in [4.78, 5) is 13.0. The van der Waals surface area contributed by atoms with E-state index in [1.807, 2.05) is 32.9 Å².